The van der Waals surface area contributed by atoms with Gasteiger partial charge in [0.25, 0.3) is 0 Å². The van der Waals surface area contributed by atoms with E-state index in [4.69, 9.17) is 9.47 Å². The van der Waals surface area contributed by atoms with Gasteiger partial charge in [-0.3, -0.25) is 4.79 Å². The van der Waals surface area contributed by atoms with E-state index in [0.29, 0.717) is 17.9 Å². The third-order valence-corrected chi connectivity index (χ3v) is 7.21. The highest BCUT2D eigenvalue weighted by Crippen LogP contribution is 2.53. The van der Waals surface area contributed by atoms with Crippen LogP contribution in [0.4, 0.5) is 0 Å². The molecule has 2 atom stereocenters. The predicted molar refractivity (Wildman–Crippen MR) is 127 cm³/mol. The lowest BCUT2D eigenvalue weighted by molar-refractivity contribution is -0.128. The number of carbonyl (C=O) groups excluding carboxylic acids is 1. The zero-order valence-corrected chi connectivity index (χ0v) is 18.9. The number of rotatable bonds is 5. The smallest absolute Gasteiger partial charge is 0.228 e. The summed E-state index contributed by atoms with van der Waals surface area (Å²) in [5.41, 5.74) is 3.14. The van der Waals surface area contributed by atoms with Gasteiger partial charge >= 0.3 is 0 Å². The van der Waals surface area contributed by atoms with Crippen molar-refractivity contribution in [3.8, 4) is 11.5 Å². The second kappa shape index (κ2) is 8.01. The fraction of sp³-hybridized carbons (Fsp3) is 0.321. The molecule has 1 amide bonds. The van der Waals surface area contributed by atoms with Crippen LogP contribution in [-0.2, 0) is 10.2 Å². The molecule has 0 radical (unpaired) electrons. The third-order valence-electron chi connectivity index (χ3n) is 7.21. The van der Waals surface area contributed by atoms with E-state index < -0.39 is 0 Å². The number of carbonyl (C=O) groups is 1. The molecule has 3 aromatic carbocycles. The Morgan fingerprint density at radius 1 is 0.969 bits per heavy atom. The van der Waals surface area contributed by atoms with Gasteiger partial charge in [-0.25, -0.2) is 0 Å². The van der Waals surface area contributed by atoms with Gasteiger partial charge in [-0.05, 0) is 60.2 Å². The molecule has 2 aliphatic rings. The number of benzene rings is 3. The first-order chi connectivity index (χ1) is 15.6. The van der Waals surface area contributed by atoms with Gasteiger partial charge in [0.15, 0.2) is 11.5 Å². The standard InChI is InChI=1S/C28H29NO3/c1-19(22-12-8-10-20-9-4-5-11-23(20)22)29-26-13-6-7-16-28(26,18-27(29)30)21-14-15-24(31-2)25(17-21)32-3/h4-5,8-15,17,19H,6-7,16,18H2,1-3H3/t19-,28?/m1/s1. The summed E-state index contributed by atoms with van der Waals surface area (Å²) in [5.74, 6) is 1.60. The van der Waals surface area contributed by atoms with Crippen molar-refractivity contribution in [2.75, 3.05) is 14.2 Å². The Morgan fingerprint density at radius 3 is 2.56 bits per heavy atom. The molecule has 1 saturated heterocycles. The number of allylic oxidation sites excluding steroid dienone is 2. The Morgan fingerprint density at radius 2 is 1.75 bits per heavy atom. The average Bonchev–Trinajstić information content (AvgIpc) is 3.15. The lowest BCUT2D eigenvalue weighted by atomic mass is 9.70. The van der Waals surface area contributed by atoms with Crippen molar-refractivity contribution >= 4 is 16.7 Å². The number of fused-ring (bicyclic) bond motifs is 2. The highest BCUT2D eigenvalue weighted by molar-refractivity contribution is 5.89. The van der Waals surface area contributed by atoms with Crippen LogP contribution in [0.2, 0.25) is 0 Å². The molecule has 1 heterocycles. The van der Waals surface area contributed by atoms with Crippen LogP contribution in [0.25, 0.3) is 10.8 Å². The van der Waals surface area contributed by atoms with Crippen LogP contribution in [0.3, 0.4) is 0 Å². The predicted octanol–water partition coefficient (Wildman–Crippen LogP) is 6.16. The molecular weight excluding hydrogens is 398 g/mol. The van der Waals surface area contributed by atoms with E-state index in [1.54, 1.807) is 14.2 Å². The van der Waals surface area contributed by atoms with Gasteiger partial charge in [0, 0.05) is 17.5 Å². The molecular formula is C28H29NO3. The average molecular weight is 428 g/mol. The Bertz CT molecular complexity index is 1210. The summed E-state index contributed by atoms with van der Waals surface area (Å²) in [6.07, 6.45) is 5.80. The van der Waals surface area contributed by atoms with Crippen molar-refractivity contribution in [2.24, 2.45) is 0 Å². The van der Waals surface area contributed by atoms with Gasteiger partial charge in [0.1, 0.15) is 0 Å². The number of hydrogen-bond donors (Lipinski definition) is 0. The molecule has 164 valence electrons. The number of methoxy groups -OCH3 is 2. The zero-order valence-electron chi connectivity index (χ0n) is 18.9. The molecule has 4 heteroatoms. The van der Waals surface area contributed by atoms with Gasteiger partial charge in [-0.2, -0.15) is 0 Å². The van der Waals surface area contributed by atoms with Crippen LogP contribution >= 0.6 is 0 Å². The maximum atomic E-state index is 13.6. The minimum atomic E-state index is -0.312. The van der Waals surface area contributed by atoms with E-state index in [9.17, 15) is 4.79 Å². The second-order valence-electron chi connectivity index (χ2n) is 8.82. The SMILES string of the molecule is COc1ccc(C23CCCC=C2N([C@H](C)c2cccc4ccccc24)C(=O)C3)cc1OC. The summed E-state index contributed by atoms with van der Waals surface area (Å²) in [6.45, 7) is 2.15. The molecule has 0 bridgehead atoms. The summed E-state index contributed by atoms with van der Waals surface area (Å²) in [5, 5.41) is 2.41. The number of hydrogen-bond acceptors (Lipinski definition) is 3. The fourth-order valence-electron chi connectivity index (χ4n) is 5.66. The monoisotopic (exact) mass is 427 g/mol. The molecule has 0 aromatic heterocycles. The Labute approximate surface area is 189 Å². The van der Waals surface area contributed by atoms with E-state index >= 15 is 0 Å². The van der Waals surface area contributed by atoms with E-state index in [0.717, 1.165) is 30.5 Å². The van der Waals surface area contributed by atoms with E-state index in [-0.39, 0.29) is 17.4 Å². The van der Waals surface area contributed by atoms with Gasteiger partial charge in [-0.15, -0.1) is 0 Å². The van der Waals surface area contributed by atoms with Crippen LogP contribution < -0.4 is 9.47 Å². The van der Waals surface area contributed by atoms with E-state index in [1.165, 1.54) is 16.3 Å². The van der Waals surface area contributed by atoms with Gasteiger partial charge in [0.2, 0.25) is 5.91 Å². The number of ether oxygens (including phenoxy) is 2. The number of likely N-dealkylation sites (tertiary alicyclic amines) is 1. The van der Waals surface area contributed by atoms with E-state index in [1.807, 2.05) is 6.07 Å². The second-order valence-corrected chi connectivity index (χ2v) is 8.82. The Balaban J connectivity index is 1.60. The molecule has 0 saturated carbocycles. The molecule has 5 rings (SSSR count). The van der Waals surface area contributed by atoms with Crippen molar-refractivity contribution in [1.29, 1.82) is 0 Å². The Hall–Kier alpha value is -3.27. The minimum Gasteiger partial charge on any atom is -0.493 e. The molecule has 3 aromatic rings. The molecule has 0 spiro atoms. The first-order valence-electron chi connectivity index (χ1n) is 11.3. The fourth-order valence-corrected chi connectivity index (χ4v) is 5.66. The molecule has 1 fully saturated rings. The summed E-state index contributed by atoms with van der Waals surface area (Å²) in [7, 11) is 3.31. The highest BCUT2D eigenvalue weighted by Gasteiger charge is 2.51. The van der Waals surface area contributed by atoms with Crippen LogP contribution in [0.15, 0.2) is 72.4 Å². The normalized spacial score (nSPS) is 21.3. The van der Waals surface area contributed by atoms with Crippen molar-refractivity contribution < 1.29 is 14.3 Å². The van der Waals surface area contributed by atoms with Gasteiger partial charge in [-0.1, -0.05) is 54.6 Å². The first-order valence-corrected chi connectivity index (χ1v) is 11.3. The summed E-state index contributed by atoms with van der Waals surface area (Å²) in [4.78, 5) is 15.6. The summed E-state index contributed by atoms with van der Waals surface area (Å²) < 4.78 is 11.0. The van der Waals surface area contributed by atoms with E-state index in [2.05, 4.69) is 72.5 Å². The topological polar surface area (TPSA) is 38.8 Å². The van der Waals surface area contributed by atoms with Crippen molar-refractivity contribution in [1.82, 2.24) is 4.90 Å². The maximum absolute atomic E-state index is 13.6. The first kappa shape index (κ1) is 20.6. The van der Waals surface area contributed by atoms with Gasteiger partial charge < -0.3 is 14.4 Å². The molecule has 1 unspecified atom stereocenters. The Kier molecular flexibility index (Phi) is 5.16. The molecule has 1 aliphatic carbocycles. The van der Waals surface area contributed by atoms with Crippen molar-refractivity contribution in [2.45, 2.75) is 44.1 Å². The zero-order chi connectivity index (χ0) is 22.3. The minimum absolute atomic E-state index is 0.0417. The van der Waals surface area contributed by atoms with Gasteiger partial charge in [0.05, 0.1) is 20.3 Å². The lowest BCUT2D eigenvalue weighted by Gasteiger charge is -2.37. The van der Waals surface area contributed by atoms with Crippen molar-refractivity contribution in [3.63, 3.8) is 0 Å². The highest BCUT2D eigenvalue weighted by atomic mass is 16.5. The molecule has 32 heavy (non-hydrogen) atoms. The van der Waals surface area contributed by atoms with Crippen LogP contribution in [-0.4, -0.2) is 25.0 Å². The summed E-state index contributed by atoms with van der Waals surface area (Å²) >= 11 is 0. The summed E-state index contributed by atoms with van der Waals surface area (Å²) in [6, 6.07) is 20.8. The number of nitrogens with zero attached hydrogens (tertiary/aromatic N) is 1. The van der Waals surface area contributed by atoms with Crippen LogP contribution in [0, 0.1) is 0 Å². The van der Waals surface area contributed by atoms with Crippen molar-refractivity contribution in [3.05, 3.63) is 83.6 Å². The quantitative estimate of drug-likeness (QED) is 0.490. The largest absolute Gasteiger partial charge is 0.493 e. The lowest BCUT2D eigenvalue weighted by Crippen LogP contribution is -2.33. The maximum Gasteiger partial charge on any atom is 0.228 e. The third kappa shape index (κ3) is 3.09. The number of amides is 1. The van der Waals surface area contributed by atoms with Crippen LogP contribution in [0.1, 0.15) is 49.8 Å². The molecule has 4 nitrogen and oxygen atoms in total. The molecule has 0 N–H and O–H groups in total. The van der Waals surface area contributed by atoms with Crippen LogP contribution in [0.5, 0.6) is 11.5 Å². The molecule has 1 aliphatic heterocycles.